The van der Waals surface area contributed by atoms with Crippen LogP contribution in [0.15, 0.2) is 24.3 Å². The fourth-order valence-electron chi connectivity index (χ4n) is 3.03. The summed E-state index contributed by atoms with van der Waals surface area (Å²) in [6, 6.07) is 8.78. The zero-order valence-electron chi connectivity index (χ0n) is 12.2. The van der Waals surface area contributed by atoms with Gasteiger partial charge in [0.15, 0.2) is 0 Å². The van der Waals surface area contributed by atoms with E-state index >= 15 is 0 Å². The molecule has 2 heterocycles. The minimum Gasteiger partial charge on any atom is -0.492 e. The summed E-state index contributed by atoms with van der Waals surface area (Å²) in [6.45, 7) is 7.01. The number of nitrogens with one attached hydrogen (secondary N) is 1. The van der Waals surface area contributed by atoms with E-state index in [1.807, 2.05) is 17.8 Å². The molecule has 0 aliphatic carbocycles. The highest BCUT2D eigenvalue weighted by molar-refractivity contribution is 8.00. The highest BCUT2D eigenvalue weighted by Crippen LogP contribution is 2.41. The Labute approximate surface area is 125 Å². The van der Waals surface area contributed by atoms with E-state index < -0.39 is 0 Å². The summed E-state index contributed by atoms with van der Waals surface area (Å²) in [5, 5.41) is 4.69. The first-order valence-electron chi connectivity index (χ1n) is 7.51. The van der Waals surface area contributed by atoms with Crippen molar-refractivity contribution < 1.29 is 9.47 Å². The van der Waals surface area contributed by atoms with Crippen LogP contribution in [0.3, 0.4) is 0 Å². The Bertz CT molecular complexity index is 454. The highest BCUT2D eigenvalue weighted by Gasteiger charge is 2.35. The molecule has 110 valence electrons. The highest BCUT2D eigenvalue weighted by atomic mass is 32.2. The van der Waals surface area contributed by atoms with Crippen molar-refractivity contribution >= 4 is 11.8 Å². The van der Waals surface area contributed by atoms with E-state index in [0.717, 1.165) is 31.9 Å². The maximum atomic E-state index is 5.96. The number of para-hydroxylation sites is 1. The molecule has 0 aromatic heterocycles. The predicted molar refractivity (Wildman–Crippen MR) is 83.6 cm³/mol. The van der Waals surface area contributed by atoms with Crippen LogP contribution in [-0.4, -0.2) is 36.4 Å². The topological polar surface area (TPSA) is 30.5 Å². The van der Waals surface area contributed by atoms with Crippen molar-refractivity contribution in [2.24, 2.45) is 0 Å². The summed E-state index contributed by atoms with van der Waals surface area (Å²) in [7, 11) is 0. The zero-order valence-corrected chi connectivity index (χ0v) is 13.0. The van der Waals surface area contributed by atoms with Crippen LogP contribution in [-0.2, 0) is 4.74 Å². The third kappa shape index (κ3) is 2.83. The first-order valence-corrected chi connectivity index (χ1v) is 8.46. The third-order valence-corrected chi connectivity index (χ3v) is 5.84. The van der Waals surface area contributed by atoms with Crippen molar-refractivity contribution in [2.45, 2.75) is 42.9 Å². The van der Waals surface area contributed by atoms with Crippen LogP contribution in [0.1, 0.15) is 31.9 Å². The van der Waals surface area contributed by atoms with Gasteiger partial charge in [0.2, 0.25) is 0 Å². The lowest BCUT2D eigenvalue weighted by molar-refractivity contribution is 0.127. The van der Waals surface area contributed by atoms with Crippen LogP contribution in [0.2, 0.25) is 0 Å². The van der Waals surface area contributed by atoms with Gasteiger partial charge in [0.05, 0.1) is 17.4 Å². The van der Waals surface area contributed by atoms with Crippen LogP contribution in [0.4, 0.5) is 0 Å². The largest absolute Gasteiger partial charge is 0.492 e. The molecule has 4 unspecified atom stereocenters. The summed E-state index contributed by atoms with van der Waals surface area (Å²) in [5.74, 6) is 1.03. The Hall–Kier alpha value is -0.710. The Morgan fingerprint density at radius 2 is 2.15 bits per heavy atom. The second-order valence-corrected chi connectivity index (χ2v) is 6.94. The van der Waals surface area contributed by atoms with Crippen molar-refractivity contribution in [2.75, 3.05) is 19.8 Å². The van der Waals surface area contributed by atoms with Gasteiger partial charge in [0.1, 0.15) is 12.4 Å². The molecular weight excluding hydrogens is 270 g/mol. The minimum absolute atomic E-state index is 0.361. The lowest BCUT2D eigenvalue weighted by Gasteiger charge is -2.35. The molecule has 2 aliphatic rings. The van der Waals surface area contributed by atoms with E-state index in [1.165, 1.54) is 5.56 Å². The Kier molecular flexibility index (Phi) is 4.54. The van der Waals surface area contributed by atoms with E-state index in [0.29, 0.717) is 22.6 Å². The van der Waals surface area contributed by atoms with Crippen molar-refractivity contribution in [1.82, 2.24) is 5.32 Å². The van der Waals surface area contributed by atoms with Gasteiger partial charge in [-0.3, -0.25) is 0 Å². The summed E-state index contributed by atoms with van der Waals surface area (Å²) in [4.78, 5) is 0. The lowest BCUT2D eigenvalue weighted by Crippen LogP contribution is -2.39. The fourth-order valence-corrected chi connectivity index (χ4v) is 4.56. The van der Waals surface area contributed by atoms with Crippen LogP contribution < -0.4 is 10.1 Å². The monoisotopic (exact) mass is 293 g/mol. The molecule has 1 fully saturated rings. The van der Waals surface area contributed by atoms with Gasteiger partial charge in [-0.25, -0.2) is 0 Å². The van der Waals surface area contributed by atoms with E-state index in [1.54, 1.807) is 0 Å². The predicted octanol–water partition coefficient (Wildman–Crippen LogP) is 3.01. The Morgan fingerprint density at radius 3 is 2.90 bits per heavy atom. The van der Waals surface area contributed by atoms with Gasteiger partial charge < -0.3 is 14.8 Å². The smallest absolute Gasteiger partial charge is 0.124 e. The van der Waals surface area contributed by atoms with Crippen molar-refractivity contribution in [3.63, 3.8) is 0 Å². The van der Waals surface area contributed by atoms with Crippen molar-refractivity contribution in [3.8, 4) is 5.75 Å². The van der Waals surface area contributed by atoms with Crippen LogP contribution in [0.25, 0.3) is 0 Å². The van der Waals surface area contributed by atoms with Gasteiger partial charge in [-0.05, 0) is 26.0 Å². The average Bonchev–Trinajstić information content (AvgIpc) is 2.87. The van der Waals surface area contributed by atoms with Gasteiger partial charge in [0, 0.05) is 17.4 Å². The zero-order chi connectivity index (χ0) is 13.9. The maximum absolute atomic E-state index is 5.96. The number of benzene rings is 1. The van der Waals surface area contributed by atoms with Gasteiger partial charge in [-0.1, -0.05) is 25.1 Å². The number of rotatable bonds is 4. The van der Waals surface area contributed by atoms with Crippen molar-refractivity contribution in [3.05, 3.63) is 29.8 Å². The molecule has 1 aromatic carbocycles. The molecule has 1 aromatic rings. The van der Waals surface area contributed by atoms with E-state index in [-0.39, 0.29) is 0 Å². The second kappa shape index (κ2) is 6.37. The number of hydrogen-bond donors (Lipinski definition) is 1. The summed E-state index contributed by atoms with van der Waals surface area (Å²) < 4.78 is 11.6. The molecule has 1 saturated heterocycles. The summed E-state index contributed by atoms with van der Waals surface area (Å²) in [5.41, 5.74) is 1.30. The molecule has 3 rings (SSSR count). The van der Waals surface area contributed by atoms with Gasteiger partial charge >= 0.3 is 0 Å². The lowest BCUT2D eigenvalue weighted by atomic mass is 10.0. The van der Waals surface area contributed by atoms with Gasteiger partial charge in [0.25, 0.3) is 0 Å². The summed E-state index contributed by atoms with van der Waals surface area (Å²) in [6.07, 6.45) is 1.52. The first-order chi connectivity index (χ1) is 9.79. The van der Waals surface area contributed by atoms with Crippen LogP contribution in [0, 0.1) is 0 Å². The molecule has 0 amide bonds. The number of fused-ring (bicyclic) bond motifs is 1. The number of ether oxygens (including phenoxy) is 2. The van der Waals surface area contributed by atoms with Gasteiger partial charge in [-0.15, -0.1) is 11.8 Å². The third-order valence-electron chi connectivity index (χ3n) is 4.11. The molecule has 0 saturated carbocycles. The molecule has 0 radical (unpaired) electrons. The molecular formula is C16H23NO2S. The minimum atomic E-state index is 0.361. The standard InChI is InChI=1S/C16H23NO2S/c1-3-17-16-12-6-4-5-7-13(12)19-10-15(16)20-14-8-9-18-11(14)2/h4-7,11,14-17H,3,8-10H2,1-2H3. The van der Waals surface area contributed by atoms with E-state index in [2.05, 4.69) is 37.4 Å². The van der Waals surface area contributed by atoms with Gasteiger partial charge in [-0.2, -0.15) is 0 Å². The molecule has 4 heteroatoms. The normalized spacial score (nSPS) is 32.7. The Morgan fingerprint density at radius 1 is 1.30 bits per heavy atom. The average molecular weight is 293 g/mol. The van der Waals surface area contributed by atoms with Crippen LogP contribution in [0.5, 0.6) is 5.75 Å². The summed E-state index contributed by atoms with van der Waals surface area (Å²) >= 11 is 2.04. The maximum Gasteiger partial charge on any atom is 0.124 e. The van der Waals surface area contributed by atoms with Crippen LogP contribution >= 0.6 is 11.8 Å². The molecule has 4 atom stereocenters. The molecule has 3 nitrogen and oxygen atoms in total. The molecule has 1 N–H and O–H groups in total. The molecule has 20 heavy (non-hydrogen) atoms. The van der Waals surface area contributed by atoms with Crippen molar-refractivity contribution in [1.29, 1.82) is 0 Å². The SMILES string of the molecule is CCNC1c2ccccc2OCC1SC1CCOC1C. The Balaban J connectivity index is 1.77. The van der Waals surface area contributed by atoms with E-state index in [4.69, 9.17) is 9.47 Å². The fraction of sp³-hybridized carbons (Fsp3) is 0.625. The molecule has 2 aliphatic heterocycles. The first kappa shape index (κ1) is 14.2. The number of hydrogen-bond acceptors (Lipinski definition) is 4. The quantitative estimate of drug-likeness (QED) is 0.924. The second-order valence-electron chi connectivity index (χ2n) is 5.46. The number of thioether (sulfide) groups is 1. The molecule has 0 spiro atoms. The van der Waals surface area contributed by atoms with E-state index in [9.17, 15) is 0 Å². The molecule has 0 bridgehead atoms.